The number of nitrogens with zero attached hydrogens (tertiary/aromatic N) is 4. The average molecular weight is 765 g/mol. The van der Waals surface area contributed by atoms with Crippen LogP contribution < -0.4 is 9.80 Å². The Hall–Kier alpha value is -8.30. The predicted octanol–water partition coefficient (Wildman–Crippen LogP) is 14.6. The summed E-state index contributed by atoms with van der Waals surface area (Å²) in [5, 5.41) is 7.81. The van der Waals surface area contributed by atoms with Gasteiger partial charge in [-0.05, 0) is 72.8 Å². The first-order valence-electron chi connectivity index (χ1n) is 19.3. The number of pyridine rings is 2. The summed E-state index contributed by atoms with van der Waals surface area (Å²) < 4.78 is 32.1. The molecule has 278 valence electrons. The zero-order chi connectivity index (χ0) is 38.6. The minimum atomic E-state index is 0.437. The van der Waals surface area contributed by atoms with Crippen LogP contribution in [-0.4, -0.2) is 9.97 Å². The Balaban J connectivity index is 0.959. The lowest BCUT2D eigenvalue weighted by atomic mass is 10.1. The van der Waals surface area contributed by atoms with Crippen LogP contribution in [0.2, 0.25) is 0 Å². The molecule has 0 saturated carbocycles. The molecule has 0 fully saturated rings. The van der Waals surface area contributed by atoms with Gasteiger partial charge in [-0.25, -0.2) is 0 Å². The minimum Gasteiger partial charge on any atom is -0.456 e. The van der Waals surface area contributed by atoms with Crippen LogP contribution in [0, 0.1) is 0 Å². The van der Waals surface area contributed by atoms with Crippen molar-refractivity contribution in [2.45, 2.75) is 0 Å². The van der Waals surface area contributed by atoms with E-state index in [4.69, 9.17) is 32.1 Å². The van der Waals surface area contributed by atoms with Crippen molar-refractivity contribution in [3.05, 3.63) is 170 Å². The van der Waals surface area contributed by atoms with Crippen molar-refractivity contribution in [2.75, 3.05) is 9.80 Å². The fourth-order valence-electron chi connectivity index (χ4n) is 8.38. The molecule has 7 heterocycles. The maximum Gasteiger partial charge on any atom is 0.231 e. The van der Waals surface area contributed by atoms with E-state index in [-0.39, 0.29) is 0 Å². The fourth-order valence-corrected chi connectivity index (χ4v) is 8.38. The molecule has 0 spiro atoms. The van der Waals surface area contributed by atoms with Gasteiger partial charge >= 0.3 is 0 Å². The predicted molar refractivity (Wildman–Crippen MR) is 233 cm³/mol. The van der Waals surface area contributed by atoms with Gasteiger partial charge < -0.3 is 22.1 Å². The number of furan rings is 5. The molecule has 9 nitrogen and oxygen atoms in total. The minimum absolute atomic E-state index is 0.437. The number of benzene rings is 6. The van der Waals surface area contributed by atoms with Gasteiger partial charge in [-0.2, -0.15) is 9.97 Å². The number of hydrogen-bond donors (Lipinski definition) is 0. The van der Waals surface area contributed by atoms with Crippen molar-refractivity contribution < 1.29 is 22.1 Å². The molecule has 0 N–H and O–H groups in total. The highest BCUT2D eigenvalue weighted by atomic mass is 16.4. The molecule has 0 radical (unpaired) electrons. The van der Waals surface area contributed by atoms with Crippen LogP contribution >= 0.6 is 0 Å². The second-order valence-electron chi connectivity index (χ2n) is 14.6. The van der Waals surface area contributed by atoms with Gasteiger partial charge in [-0.1, -0.05) is 72.8 Å². The third-order valence-electron chi connectivity index (χ3n) is 11.1. The Morgan fingerprint density at radius 3 is 1.19 bits per heavy atom. The van der Waals surface area contributed by atoms with Crippen LogP contribution in [0.4, 0.5) is 34.8 Å². The number of para-hydroxylation sites is 4. The van der Waals surface area contributed by atoms with Gasteiger partial charge in [-0.3, -0.25) is 9.80 Å². The van der Waals surface area contributed by atoms with Crippen LogP contribution in [0.1, 0.15) is 0 Å². The lowest BCUT2D eigenvalue weighted by Gasteiger charge is -2.21. The zero-order valence-corrected chi connectivity index (χ0v) is 31.0. The summed E-state index contributed by atoms with van der Waals surface area (Å²) in [6, 6.07) is 56.4. The standard InChI is InChI=1S/C50H28N4O5/c1-5-13-39-29(9-1)25-47(57-39)53(31-17-19-35-33-11-3-7-15-41(33)55-43(35)27-31)45-23-21-37-38-22-24-46(52-50(38)59-49(37)51-45)54(48-26-30-10-2-6-14-40(30)58-48)32-18-20-36-34-12-4-8-16-42(34)56-44(36)28-32/h1-28H. The van der Waals surface area contributed by atoms with Crippen molar-refractivity contribution >= 4 is 123 Å². The monoisotopic (exact) mass is 764 g/mol. The van der Waals surface area contributed by atoms with E-state index in [9.17, 15) is 0 Å². The van der Waals surface area contributed by atoms with E-state index in [1.807, 2.05) is 143 Å². The summed E-state index contributed by atoms with van der Waals surface area (Å²) in [6.45, 7) is 0. The number of hydrogen-bond acceptors (Lipinski definition) is 9. The van der Waals surface area contributed by atoms with Crippen LogP contribution in [0.15, 0.2) is 192 Å². The van der Waals surface area contributed by atoms with Gasteiger partial charge in [0.05, 0.1) is 22.1 Å². The Labute approximate surface area is 333 Å². The molecule has 6 aromatic carbocycles. The third-order valence-corrected chi connectivity index (χ3v) is 11.1. The molecule has 0 aliphatic carbocycles. The molecule has 0 bridgehead atoms. The van der Waals surface area contributed by atoms with E-state index in [2.05, 4.69) is 36.4 Å². The molecule has 0 aliphatic heterocycles. The van der Waals surface area contributed by atoms with Crippen LogP contribution in [0.5, 0.6) is 0 Å². The third kappa shape index (κ3) is 4.91. The molecule has 0 amide bonds. The van der Waals surface area contributed by atoms with E-state index in [1.54, 1.807) is 0 Å². The Kier molecular flexibility index (Phi) is 6.53. The molecular weight excluding hydrogens is 737 g/mol. The first kappa shape index (κ1) is 31.9. The molecule has 13 aromatic rings. The lowest BCUT2D eigenvalue weighted by Crippen LogP contribution is -2.10. The molecule has 0 atom stereocenters. The van der Waals surface area contributed by atoms with E-state index < -0.39 is 0 Å². The van der Waals surface area contributed by atoms with Gasteiger partial charge in [0.25, 0.3) is 0 Å². The number of anilines is 6. The summed E-state index contributed by atoms with van der Waals surface area (Å²) in [4.78, 5) is 14.2. The average Bonchev–Trinajstić information content (AvgIpc) is 4.10. The quantitative estimate of drug-likeness (QED) is 0.164. The second-order valence-corrected chi connectivity index (χ2v) is 14.6. The van der Waals surface area contributed by atoms with Crippen molar-refractivity contribution in [1.29, 1.82) is 0 Å². The molecule has 7 aromatic heterocycles. The first-order chi connectivity index (χ1) is 29.2. The normalized spacial score (nSPS) is 12.1. The van der Waals surface area contributed by atoms with E-state index in [0.717, 1.165) is 88.0 Å². The molecule has 0 saturated heterocycles. The molecule has 0 unspecified atom stereocenters. The number of fused-ring (bicyclic) bond motifs is 11. The van der Waals surface area contributed by atoms with E-state index >= 15 is 0 Å². The van der Waals surface area contributed by atoms with Crippen molar-refractivity contribution in [1.82, 2.24) is 9.97 Å². The fraction of sp³-hybridized carbons (Fsp3) is 0. The van der Waals surface area contributed by atoms with Gasteiger partial charge in [0.2, 0.25) is 23.2 Å². The van der Waals surface area contributed by atoms with Crippen LogP contribution in [-0.2, 0) is 0 Å². The molecular formula is C50H28N4O5. The second kappa shape index (κ2) is 12.1. The van der Waals surface area contributed by atoms with E-state index in [1.165, 1.54) is 0 Å². The van der Waals surface area contributed by atoms with Gasteiger partial charge in [0.1, 0.15) is 45.1 Å². The lowest BCUT2D eigenvalue weighted by molar-refractivity contribution is 0.616. The van der Waals surface area contributed by atoms with E-state index in [0.29, 0.717) is 34.8 Å². The summed E-state index contributed by atoms with van der Waals surface area (Å²) >= 11 is 0. The maximum absolute atomic E-state index is 6.54. The topological polar surface area (TPSA) is 98.0 Å². The summed E-state index contributed by atoms with van der Waals surface area (Å²) in [7, 11) is 0. The Morgan fingerprint density at radius 2 is 0.712 bits per heavy atom. The Bertz CT molecular complexity index is 3480. The van der Waals surface area contributed by atoms with Crippen molar-refractivity contribution in [2.24, 2.45) is 0 Å². The summed E-state index contributed by atoms with van der Waals surface area (Å²) in [6.07, 6.45) is 0. The Morgan fingerprint density at radius 1 is 0.305 bits per heavy atom. The maximum atomic E-state index is 6.54. The number of aromatic nitrogens is 2. The SMILES string of the molecule is c1ccc2oc(N(c3ccc4c(c3)oc3ccccc34)c3ccc4c(n3)oc3nc(N(c5ccc6c(c5)oc5ccccc56)c5cc6ccccc6o5)ccc34)cc2c1. The van der Waals surface area contributed by atoms with Crippen LogP contribution in [0.25, 0.3) is 88.0 Å². The van der Waals surface area contributed by atoms with Crippen LogP contribution in [0.3, 0.4) is 0 Å². The molecule has 9 heteroatoms. The molecule has 13 rings (SSSR count). The van der Waals surface area contributed by atoms with Crippen molar-refractivity contribution in [3.8, 4) is 0 Å². The smallest absolute Gasteiger partial charge is 0.231 e. The van der Waals surface area contributed by atoms with Gasteiger partial charge in [-0.15, -0.1) is 0 Å². The van der Waals surface area contributed by atoms with Gasteiger partial charge in [0.15, 0.2) is 0 Å². The highest BCUT2D eigenvalue weighted by Gasteiger charge is 2.24. The molecule has 59 heavy (non-hydrogen) atoms. The highest BCUT2D eigenvalue weighted by molar-refractivity contribution is 6.08. The summed E-state index contributed by atoms with van der Waals surface area (Å²) in [5.41, 5.74) is 7.25. The number of rotatable bonds is 6. The largest absolute Gasteiger partial charge is 0.456 e. The first-order valence-corrected chi connectivity index (χ1v) is 19.3. The molecule has 0 aliphatic rings. The highest BCUT2D eigenvalue weighted by Crippen LogP contribution is 2.43. The van der Waals surface area contributed by atoms with Crippen molar-refractivity contribution in [3.63, 3.8) is 0 Å². The van der Waals surface area contributed by atoms with Gasteiger partial charge in [0, 0.05) is 56.6 Å². The summed E-state index contributed by atoms with van der Waals surface area (Å²) in [5.74, 6) is 2.42. The zero-order valence-electron chi connectivity index (χ0n) is 31.0.